The average molecular weight is 196 g/mol. The highest BCUT2D eigenvalue weighted by Gasteiger charge is 2.20. The Balaban J connectivity index is 2.59. The van der Waals surface area contributed by atoms with Crippen LogP contribution in [-0.2, 0) is 14.3 Å². The third-order valence-electron chi connectivity index (χ3n) is 2.23. The lowest BCUT2D eigenvalue weighted by molar-refractivity contribution is -0.147. The van der Waals surface area contributed by atoms with E-state index in [-0.39, 0.29) is 17.7 Å². The molecule has 14 heavy (non-hydrogen) atoms. The molecule has 0 bridgehead atoms. The maximum Gasteiger partial charge on any atom is 0.313 e. The van der Waals surface area contributed by atoms with Gasteiger partial charge in [-0.1, -0.05) is 12.2 Å². The molecular weight excluding hydrogens is 180 g/mol. The summed E-state index contributed by atoms with van der Waals surface area (Å²) in [6, 6.07) is 0. The highest BCUT2D eigenvalue weighted by Crippen LogP contribution is 2.15. The van der Waals surface area contributed by atoms with Gasteiger partial charge in [0.15, 0.2) is 0 Å². The van der Waals surface area contributed by atoms with Gasteiger partial charge < -0.3 is 4.74 Å². The van der Waals surface area contributed by atoms with Crippen LogP contribution in [0.3, 0.4) is 0 Å². The lowest BCUT2D eigenvalue weighted by Crippen LogP contribution is -2.20. The van der Waals surface area contributed by atoms with E-state index in [0.717, 1.165) is 12.8 Å². The molecular formula is C11H16O3. The van der Waals surface area contributed by atoms with Crippen LogP contribution >= 0.6 is 0 Å². The van der Waals surface area contributed by atoms with Gasteiger partial charge in [0, 0.05) is 12.8 Å². The maximum absolute atomic E-state index is 11.4. The summed E-state index contributed by atoms with van der Waals surface area (Å²) in [6.45, 7) is 2.14. The first kappa shape index (κ1) is 11.0. The number of allylic oxidation sites excluding steroid dienone is 1. The molecule has 3 nitrogen and oxygen atoms in total. The SMILES string of the molecule is CCOC(=O)C1/C=C\CCCC(=O)C1. The Morgan fingerprint density at radius 1 is 1.64 bits per heavy atom. The fourth-order valence-electron chi connectivity index (χ4n) is 1.50. The third kappa shape index (κ3) is 3.32. The number of ether oxygens (including phenoxy) is 1. The number of ketones is 1. The molecule has 0 spiro atoms. The van der Waals surface area contributed by atoms with Crippen molar-refractivity contribution in [1.29, 1.82) is 0 Å². The van der Waals surface area contributed by atoms with Crippen molar-refractivity contribution in [3.63, 3.8) is 0 Å². The summed E-state index contributed by atoms with van der Waals surface area (Å²) in [7, 11) is 0. The Labute approximate surface area is 84.1 Å². The second kappa shape index (κ2) is 5.58. The van der Waals surface area contributed by atoms with Crippen LogP contribution in [0.4, 0.5) is 0 Å². The number of carbonyl (C=O) groups is 2. The van der Waals surface area contributed by atoms with Gasteiger partial charge in [0.05, 0.1) is 12.5 Å². The molecule has 1 atom stereocenters. The Morgan fingerprint density at radius 3 is 3.14 bits per heavy atom. The lowest BCUT2D eigenvalue weighted by Gasteiger charge is -2.12. The van der Waals surface area contributed by atoms with Gasteiger partial charge in [-0.05, 0) is 19.8 Å². The molecule has 0 aromatic carbocycles. The number of esters is 1. The van der Waals surface area contributed by atoms with Gasteiger partial charge in [-0.3, -0.25) is 9.59 Å². The lowest BCUT2D eigenvalue weighted by atomic mass is 9.96. The van der Waals surface area contributed by atoms with Crippen molar-refractivity contribution in [2.45, 2.75) is 32.6 Å². The molecule has 1 aliphatic rings. The third-order valence-corrected chi connectivity index (χ3v) is 2.23. The second-order valence-corrected chi connectivity index (χ2v) is 3.42. The Hall–Kier alpha value is -1.12. The highest BCUT2D eigenvalue weighted by atomic mass is 16.5. The Bertz CT molecular complexity index is 243. The zero-order valence-electron chi connectivity index (χ0n) is 8.49. The van der Waals surface area contributed by atoms with Gasteiger partial charge in [-0.15, -0.1) is 0 Å². The van der Waals surface area contributed by atoms with Crippen LogP contribution in [0, 0.1) is 5.92 Å². The monoisotopic (exact) mass is 196 g/mol. The van der Waals surface area contributed by atoms with Crippen LogP contribution in [0.5, 0.6) is 0 Å². The predicted molar refractivity (Wildman–Crippen MR) is 52.7 cm³/mol. The van der Waals surface area contributed by atoms with E-state index in [1.165, 1.54) is 0 Å². The van der Waals surface area contributed by atoms with Gasteiger partial charge in [0.1, 0.15) is 5.78 Å². The van der Waals surface area contributed by atoms with E-state index in [4.69, 9.17) is 4.74 Å². The van der Waals surface area contributed by atoms with E-state index in [9.17, 15) is 9.59 Å². The Kier molecular flexibility index (Phi) is 4.36. The van der Waals surface area contributed by atoms with Crippen LogP contribution in [0.15, 0.2) is 12.2 Å². The zero-order chi connectivity index (χ0) is 10.4. The molecule has 1 unspecified atom stereocenters. The topological polar surface area (TPSA) is 43.4 Å². The van der Waals surface area contributed by atoms with Crippen molar-refractivity contribution in [3.05, 3.63) is 12.2 Å². The van der Waals surface area contributed by atoms with E-state index in [1.807, 2.05) is 6.08 Å². The van der Waals surface area contributed by atoms with Crippen molar-refractivity contribution < 1.29 is 14.3 Å². The van der Waals surface area contributed by atoms with Crippen molar-refractivity contribution in [2.75, 3.05) is 6.61 Å². The average Bonchev–Trinajstić information content (AvgIpc) is 2.11. The van der Waals surface area contributed by atoms with Crippen molar-refractivity contribution in [1.82, 2.24) is 0 Å². The van der Waals surface area contributed by atoms with Crippen LogP contribution in [-0.4, -0.2) is 18.4 Å². The number of carbonyl (C=O) groups excluding carboxylic acids is 2. The van der Waals surface area contributed by atoms with E-state index in [1.54, 1.807) is 13.0 Å². The minimum absolute atomic E-state index is 0.160. The van der Waals surface area contributed by atoms with Gasteiger partial charge in [0.2, 0.25) is 0 Å². The molecule has 0 amide bonds. The van der Waals surface area contributed by atoms with Gasteiger partial charge in [-0.2, -0.15) is 0 Å². The summed E-state index contributed by atoms with van der Waals surface area (Å²) in [5.74, 6) is -0.478. The molecule has 78 valence electrons. The molecule has 0 saturated carbocycles. The first-order chi connectivity index (χ1) is 6.74. The minimum atomic E-state index is -0.359. The van der Waals surface area contributed by atoms with Crippen LogP contribution in [0.2, 0.25) is 0 Å². The molecule has 0 N–H and O–H groups in total. The number of hydrogen-bond acceptors (Lipinski definition) is 3. The molecule has 0 heterocycles. The van der Waals surface area contributed by atoms with Gasteiger partial charge in [-0.25, -0.2) is 0 Å². The van der Waals surface area contributed by atoms with Crippen molar-refractivity contribution in [2.24, 2.45) is 5.92 Å². The number of rotatable bonds is 2. The quantitative estimate of drug-likeness (QED) is 0.500. The van der Waals surface area contributed by atoms with E-state index >= 15 is 0 Å². The standard InChI is InChI=1S/C11H16O3/c1-2-14-11(13)9-6-4-3-5-7-10(12)8-9/h4,6,9H,2-3,5,7-8H2,1H3/b6-4-. The normalized spacial score (nSPS) is 24.9. The first-order valence-electron chi connectivity index (χ1n) is 5.09. The molecule has 0 aliphatic heterocycles. The first-order valence-corrected chi connectivity index (χ1v) is 5.09. The van der Waals surface area contributed by atoms with Crippen LogP contribution < -0.4 is 0 Å². The van der Waals surface area contributed by atoms with E-state index in [2.05, 4.69) is 0 Å². The smallest absolute Gasteiger partial charge is 0.313 e. The second-order valence-electron chi connectivity index (χ2n) is 3.42. The molecule has 1 rings (SSSR count). The largest absolute Gasteiger partial charge is 0.466 e. The summed E-state index contributed by atoms with van der Waals surface area (Å²) in [5.41, 5.74) is 0. The fraction of sp³-hybridized carbons (Fsp3) is 0.636. The zero-order valence-corrected chi connectivity index (χ0v) is 8.49. The van der Waals surface area contributed by atoms with E-state index < -0.39 is 0 Å². The van der Waals surface area contributed by atoms with Gasteiger partial charge in [0.25, 0.3) is 0 Å². The summed E-state index contributed by atoms with van der Waals surface area (Å²) in [4.78, 5) is 22.7. The number of Topliss-reactive ketones (excluding diaryl/α,β-unsaturated/α-hetero) is 1. The summed E-state index contributed by atoms with van der Waals surface area (Å²) in [5, 5.41) is 0. The molecule has 0 saturated heterocycles. The fourth-order valence-corrected chi connectivity index (χ4v) is 1.50. The van der Waals surface area contributed by atoms with Crippen molar-refractivity contribution >= 4 is 11.8 Å². The highest BCUT2D eigenvalue weighted by molar-refractivity contribution is 5.85. The summed E-state index contributed by atoms with van der Waals surface area (Å²) >= 11 is 0. The Morgan fingerprint density at radius 2 is 2.43 bits per heavy atom. The molecule has 0 aromatic heterocycles. The van der Waals surface area contributed by atoms with Crippen LogP contribution in [0.25, 0.3) is 0 Å². The summed E-state index contributed by atoms with van der Waals surface area (Å²) < 4.78 is 4.88. The van der Waals surface area contributed by atoms with E-state index in [0.29, 0.717) is 19.4 Å². The molecule has 0 radical (unpaired) electrons. The van der Waals surface area contributed by atoms with Crippen molar-refractivity contribution in [3.8, 4) is 0 Å². The molecule has 3 heteroatoms. The summed E-state index contributed by atoms with van der Waals surface area (Å²) in [6.07, 6.45) is 6.42. The van der Waals surface area contributed by atoms with Gasteiger partial charge >= 0.3 is 5.97 Å². The maximum atomic E-state index is 11.4. The van der Waals surface area contributed by atoms with Crippen LogP contribution in [0.1, 0.15) is 32.6 Å². The molecule has 1 aliphatic carbocycles. The predicted octanol–water partition coefficient (Wildman–Crippen LogP) is 1.86. The number of hydrogen-bond donors (Lipinski definition) is 0. The minimum Gasteiger partial charge on any atom is -0.466 e. The molecule has 0 aromatic rings. The molecule has 0 fully saturated rings.